The summed E-state index contributed by atoms with van der Waals surface area (Å²) in [6, 6.07) is 5.33. The molecule has 1 aliphatic carbocycles. The van der Waals surface area contributed by atoms with Gasteiger partial charge in [0.1, 0.15) is 0 Å². The van der Waals surface area contributed by atoms with Gasteiger partial charge >= 0.3 is 0 Å². The van der Waals surface area contributed by atoms with Crippen LogP contribution in [0.3, 0.4) is 0 Å². The van der Waals surface area contributed by atoms with E-state index in [0.29, 0.717) is 10.7 Å². The molecule has 1 saturated heterocycles. The third-order valence-electron chi connectivity index (χ3n) is 4.47. The molecule has 2 aliphatic rings. The highest BCUT2D eigenvalue weighted by atomic mass is 32.2. The van der Waals surface area contributed by atoms with Crippen LogP contribution in [0.4, 0.5) is 0 Å². The fourth-order valence-corrected chi connectivity index (χ4v) is 4.24. The largest absolute Gasteiger partial charge is 0.504 e. The predicted octanol–water partition coefficient (Wildman–Crippen LogP) is 3.64. The fraction of sp³-hybridized carbons (Fsp3) is 0.444. The number of aromatic hydroxyl groups is 1. The molecule has 128 valence electrons. The van der Waals surface area contributed by atoms with Crippen LogP contribution in [0.2, 0.25) is 0 Å². The number of hydrogen-bond acceptors (Lipinski definition) is 5. The van der Waals surface area contributed by atoms with Crippen molar-refractivity contribution >= 4 is 28.9 Å². The number of rotatable bonds is 3. The Morgan fingerprint density at radius 3 is 2.75 bits per heavy atom. The average molecular weight is 346 g/mol. The van der Waals surface area contributed by atoms with E-state index in [4.69, 9.17) is 4.74 Å². The van der Waals surface area contributed by atoms with Crippen LogP contribution in [0.15, 0.2) is 28.1 Å². The highest BCUT2D eigenvalue weighted by Crippen LogP contribution is 2.38. The Hall–Kier alpha value is -1.95. The summed E-state index contributed by atoms with van der Waals surface area (Å²) in [7, 11) is 3.24. The first-order valence-electron chi connectivity index (χ1n) is 8.21. The zero-order valence-corrected chi connectivity index (χ0v) is 14.8. The normalized spacial score (nSPS) is 22.6. The molecule has 1 aromatic rings. The lowest BCUT2D eigenvalue weighted by atomic mass is 9.94. The van der Waals surface area contributed by atoms with E-state index >= 15 is 0 Å². The molecule has 1 aliphatic heterocycles. The lowest BCUT2D eigenvalue weighted by molar-refractivity contribution is -0.124. The molecule has 5 nitrogen and oxygen atoms in total. The summed E-state index contributed by atoms with van der Waals surface area (Å²) in [6.45, 7) is 0. The van der Waals surface area contributed by atoms with Crippen molar-refractivity contribution < 1.29 is 14.6 Å². The number of thioether (sulfide) groups is 1. The second kappa shape index (κ2) is 7.30. The number of carbonyl (C=O) groups excluding carboxylic acids is 1. The molecule has 24 heavy (non-hydrogen) atoms. The molecule has 1 heterocycles. The Morgan fingerprint density at radius 1 is 1.33 bits per heavy atom. The number of nitrogens with zero attached hydrogens (tertiary/aromatic N) is 2. The minimum atomic E-state index is 0.0274. The number of aliphatic imine (C=N–C) groups is 1. The van der Waals surface area contributed by atoms with Crippen molar-refractivity contribution in [1.82, 2.24) is 4.90 Å². The van der Waals surface area contributed by atoms with Crippen LogP contribution in [0.5, 0.6) is 11.5 Å². The molecule has 0 radical (unpaired) electrons. The van der Waals surface area contributed by atoms with Crippen molar-refractivity contribution in [2.45, 2.75) is 38.1 Å². The molecule has 1 saturated carbocycles. The lowest BCUT2D eigenvalue weighted by Gasteiger charge is -2.30. The van der Waals surface area contributed by atoms with Gasteiger partial charge in [0.15, 0.2) is 16.7 Å². The van der Waals surface area contributed by atoms with E-state index in [1.165, 1.54) is 38.1 Å². The first-order chi connectivity index (χ1) is 11.6. The van der Waals surface area contributed by atoms with E-state index in [9.17, 15) is 9.90 Å². The molecule has 1 N–H and O–H groups in total. The van der Waals surface area contributed by atoms with Gasteiger partial charge in [-0.1, -0.05) is 25.3 Å². The van der Waals surface area contributed by atoms with Crippen LogP contribution in [0.25, 0.3) is 6.08 Å². The molecule has 1 aromatic carbocycles. The van der Waals surface area contributed by atoms with Crippen molar-refractivity contribution in [3.63, 3.8) is 0 Å². The molecule has 6 heteroatoms. The van der Waals surface area contributed by atoms with Crippen LogP contribution in [-0.2, 0) is 4.79 Å². The third-order valence-corrected chi connectivity index (χ3v) is 5.54. The Balaban J connectivity index is 1.88. The van der Waals surface area contributed by atoms with Crippen molar-refractivity contribution in [1.29, 1.82) is 0 Å². The zero-order chi connectivity index (χ0) is 17.1. The van der Waals surface area contributed by atoms with E-state index in [0.717, 1.165) is 23.6 Å². The second-order valence-electron chi connectivity index (χ2n) is 6.02. The summed E-state index contributed by atoms with van der Waals surface area (Å²) in [5.41, 5.74) is 0.821. The van der Waals surface area contributed by atoms with Gasteiger partial charge in [0, 0.05) is 13.1 Å². The predicted molar refractivity (Wildman–Crippen MR) is 97.3 cm³/mol. The van der Waals surface area contributed by atoms with Crippen LogP contribution >= 0.6 is 11.8 Å². The lowest BCUT2D eigenvalue weighted by Crippen LogP contribution is -2.40. The maximum atomic E-state index is 12.9. The fourth-order valence-electron chi connectivity index (χ4n) is 3.24. The van der Waals surface area contributed by atoms with Crippen molar-refractivity contribution in [2.75, 3.05) is 14.2 Å². The molecule has 0 unspecified atom stereocenters. The maximum absolute atomic E-state index is 12.9. The third kappa shape index (κ3) is 3.29. The van der Waals surface area contributed by atoms with Crippen LogP contribution < -0.4 is 4.74 Å². The molecule has 3 rings (SSSR count). The maximum Gasteiger partial charge on any atom is 0.266 e. The summed E-state index contributed by atoms with van der Waals surface area (Å²) in [6.07, 6.45) is 7.52. The van der Waals surface area contributed by atoms with Gasteiger partial charge in [0.2, 0.25) is 0 Å². The van der Waals surface area contributed by atoms with Crippen LogP contribution in [-0.4, -0.2) is 41.3 Å². The SMILES string of the molecule is CN=C1S/C(=C/c2ccc(O)c(OC)c2)C(=O)N1C1CCCCC1. The number of phenols is 1. The van der Waals surface area contributed by atoms with Gasteiger partial charge in [0.05, 0.1) is 12.0 Å². The van der Waals surface area contributed by atoms with E-state index in [-0.39, 0.29) is 17.7 Å². The van der Waals surface area contributed by atoms with Crippen LogP contribution in [0, 0.1) is 0 Å². The van der Waals surface area contributed by atoms with Crippen molar-refractivity contribution in [2.24, 2.45) is 4.99 Å². The number of amidine groups is 1. The molecule has 2 fully saturated rings. The zero-order valence-electron chi connectivity index (χ0n) is 14.0. The van der Waals surface area contributed by atoms with E-state index in [2.05, 4.69) is 4.99 Å². The number of carbonyl (C=O) groups is 1. The van der Waals surface area contributed by atoms with Crippen LogP contribution in [0.1, 0.15) is 37.7 Å². The molecule has 0 aromatic heterocycles. The first kappa shape index (κ1) is 16.9. The first-order valence-corrected chi connectivity index (χ1v) is 9.02. The minimum Gasteiger partial charge on any atom is -0.504 e. The summed E-state index contributed by atoms with van der Waals surface area (Å²) < 4.78 is 5.13. The number of methoxy groups -OCH3 is 1. The van der Waals surface area contributed by atoms with Crippen molar-refractivity contribution in [3.05, 3.63) is 28.7 Å². The number of ether oxygens (including phenoxy) is 1. The Kier molecular flexibility index (Phi) is 5.14. The van der Waals surface area contributed by atoms with Gasteiger partial charge in [-0.05, 0) is 48.4 Å². The highest BCUT2D eigenvalue weighted by Gasteiger charge is 2.38. The monoisotopic (exact) mass is 346 g/mol. The number of benzene rings is 1. The summed E-state index contributed by atoms with van der Waals surface area (Å²) in [4.78, 5) is 19.7. The smallest absolute Gasteiger partial charge is 0.266 e. The molecule has 0 atom stereocenters. The summed E-state index contributed by atoms with van der Waals surface area (Å²) in [5, 5.41) is 10.5. The molecule has 0 bridgehead atoms. The molecular weight excluding hydrogens is 324 g/mol. The summed E-state index contributed by atoms with van der Waals surface area (Å²) >= 11 is 1.42. The Bertz CT molecular complexity index is 694. The number of hydrogen-bond donors (Lipinski definition) is 1. The van der Waals surface area contributed by atoms with Gasteiger partial charge < -0.3 is 9.84 Å². The average Bonchev–Trinajstić information content (AvgIpc) is 2.93. The molecule has 0 spiro atoms. The Morgan fingerprint density at radius 2 is 2.08 bits per heavy atom. The summed E-state index contributed by atoms with van der Waals surface area (Å²) in [5.74, 6) is 0.512. The Labute approximate surface area is 146 Å². The molecule has 1 amide bonds. The van der Waals surface area contributed by atoms with Gasteiger partial charge in [-0.3, -0.25) is 14.7 Å². The van der Waals surface area contributed by atoms with Gasteiger partial charge in [-0.25, -0.2) is 0 Å². The quantitative estimate of drug-likeness (QED) is 0.849. The van der Waals surface area contributed by atoms with Gasteiger partial charge in [0.25, 0.3) is 5.91 Å². The van der Waals surface area contributed by atoms with E-state index in [1.807, 2.05) is 11.0 Å². The van der Waals surface area contributed by atoms with E-state index in [1.54, 1.807) is 25.2 Å². The second-order valence-corrected chi connectivity index (χ2v) is 7.02. The minimum absolute atomic E-state index is 0.0274. The number of phenolic OH excluding ortho intramolecular Hbond substituents is 1. The standard InChI is InChI=1S/C18H22N2O3S/c1-19-18-20(13-6-4-3-5-7-13)17(22)16(24-18)11-12-8-9-14(21)15(10-12)23-2/h8-11,13,21H,3-7H2,1-2H3/b16-11+,19-18?. The number of amides is 1. The topological polar surface area (TPSA) is 62.1 Å². The molecular formula is C18H22N2O3S. The van der Waals surface area contributed by atoms with E-state index < -0.39 is 0 Å². The van der Waals surface area contributed by atoms with Gasteiger partial charge in [-0.2, -0.15) is 0 Å². The van der Waals surface area contributed by atoms with Crippen molar-refractivity contribution in [3.8, 4) is 11.5 Å². The van der Waals surface area contributed by atoms with Gasteiger partial charge in [-0.15, -0.1) is 0 Å². The highest BCUT2D eigenvalue weighted by molar-refractivity contribution is 8.18.